The van der Waals surface area contributed by atoms with Crippen LogP contribution >= 0.6 is 0 Å². The number of aliphatic hydroxyl groups excluding tert-OH is 1. The van der Waals surface area contributed by atoms with E-state index in [1.807, 2.05) is 0 Å². The van der Waals surface area contributed by atoms with Gasteiger partial charge in [0.05, 0.1) is 11.0 Å². The molecule has 7 heteroatoms. The zero-order valence-electron chi connectivity index (χ0n) is 13.1. The van der Waals surface area contributed by atoms with E-state index >= 15 is 0 Å². The Kier molecular flexibility index (Phi) is 4.89. The summed E-state index contributed by atoms with van der Waals surface area (Å²) in [6, 6.07) is 4.92. The van der Waals surface area contributed by atoms with E-state index in [1.54, 1.807) is 30.0 Å². The molecule has 0 aliphatic carbocycles. The summed E-state index contributed by atoms with van der Waals surface area (Å²) in [5.74, 6) is -0.0873. The molecule has 2 rings (SSSR count). The van der Waals surface area contributed by atoms with E-state index in [0.29, 0.717) is 18.7 Å². The first-order chi connectivity index (χ1) is 10.2. The van der Waals surface area contributed by atoms with Crippen LogP contribution in [0, 0.1) is 0 Å². The molecule has 0 radical (unpaired) electrons. The van der Waals surface area contributed by atoms with Gasteiger partial charge in [0.15, 0.2) is 0 Å². The molecule has 1 aliphatic heterocycles. The molecular weight excluding hydrogens is 304 g/mol. The van der Waals surface area contributed by atoms with Gasteiger partial charge in [-0.15, -0.1) is 0 Å². The molecule has 1 heterocycles. The van der Waals surface area contributed by atoms with Gasteiger partial charge in [-0.1, -0.05) is 6.07 Å². The van der Waals surface area contributed by atoms with Crippen molar-refractivity contribution in [2.75, 3.05) is 25.0 Å². The Morgan fingerprint density at radius 3 is 2.73 bits per heavy atom. The van der Waals surface area contributed by atoms with E-state index < -0.39 is 16.1 Å². The zero-order valence-corrected chi connectivity index (χ0v) is 13.9. The van der Waals surface area contributed by atoms with E-state index in [9.17, 15) is 18.3 Å². The number of hydrogen-bond donors (Lipinski definition) is 1. The lowest BCUT2D eigenvalue weighted by molar-refractivity contribution is -0.116. The number of hydrogen-bond acceptors (Lipinski definition) is 4. The van der Waals surface area contributed by atoms with Crippen molar-refractivity contribution in [2.45, 2.75) is 37.7 Å². The van der Waals surface area contributed by atoms with Crippen molar-refractivity contribution in [2.24, 2.45) is 0 Å². The van der Waals surface area contributed by atoms with Crippen LogP contribution in [0.4, 0.5) is 5.69 Å². The van der Waals surface area contributed by atoms with Gasteiger partial charge in [0.25, 0.3) is 0 Å². The fourth-order valence-electron chi connectivity index (χ4n) is 2.52. The molecular formula is C15H22N2O4S. The second-order valence-electron chi connectivity index (χ2n) is 5.68. The Hall–Kier alpha value is -1.44. The maximum atomic E-state index is 12.6. The molecule has 6 nitrogen and oxygen atoms in total. The van der Waals surface area contributed by atoms with Crippen LogP contribution in [0.25, 0.3) is 0 Å². The maximum Gasteiger partial charge on any atom is 0.242 e. The van der Waals surface area contributed by atoms with Gasteiger partial charge < -0.3 is 10.0 Å². The minimum atomic E-state index is -3.62. The fraction of sp³-hybridized carbons (Fsp3) is 0.533. The van der Waals surface area contributed by atoms with Crippen molar-refractivity contribution < 1.29 is 18.3 Å². The number of rotatable bonds is 5. The second kappa shape index (κ2) is 6.36. The van der Waals surface area contributed by atoms with Crippen molar-refractivity contribution in [1.29, 1.82) is 0 Å². The third kappa shape index (κ3) is 3.31. The van der Waals surface area contributed by atoms with E-state index in [4.69, 9.17) is 0 Å². The molecule has 1 atom stereocenters. The third-order valence-corrected chi connectivity index (χ3v) is 5.76. The van der Waals surface area contributed by atoms with Crippen LogP contribution in [-0.2, 0) is 21.2 Å². The van der Waals surface area contributed by atoms with Gasteiger partial charge in [0, 0.05) is 32.7 Å². The highest BCUT2D eigenvalue weighted by Crippen LogP contribution is 2.31. The Balaban J connectivity index is 2.29. The predicted octanol–water partition coefficient (Wildman–Crippen LogP) is 0.987. The molecule has 0 bridgehead atoms. The Labute approximate surface area is 131 Å². The molecule has 1 amide bonds. The molecule has 0 saturated heterocycles. The smallest absolute Gasteiger partial charge is 0.242 e. The Morgan fingerprint density at radius 2 is 2.14 bits per heavy atom. The van der Waals surface area contributed by atoms with Gasteiger partial charge in [-0.25, -0.2) is 12.7 Å². The molecule has 0 unspecified atom stereocenters. The van der Waals surface area contributed by atoms with Crippen molar-refractivity contribution >= 4 is 21.6 Å². The second-order valence-corrected chi connectivity index (χ2v) is 7.72. The monoisotopic (exact) mass is 326 g/mol. The van der Waals surface area contributed by atoms with Gasteiger partial charge in [-0.3, -0.25) is 4.79 Å². The standard InChI is InChI=1S/C15H22N2O4S/c1-11(18)6-8-16(3)22(20,21)14-5-4-13-7-9-17(12(2)19)15(13)10-14/h4-5,10-11,18H,6-9H2,1-3H3/t11-/m0/s1. The minimum Gasteiger partial charge on any atom is -0.393 e. The van der Waals surface area contributed by atoms with Gasteiger partial charge in [0.1, 0.15) is 0 Å². The molecule has 0 saturated carbocycles. The van der Waals surface area contributed by atoms with Crippen LogP contribution in [0.2, 0.25) is 0 Å². The first kappa shape index (κ1) is 16.9. The van der Waals surface area contributed by atoms with Crippen molar-refractivity contribution in [3.05, 3.63) is 23.8 Å². The van der Waals surface area contributed by atoms with Crippen molar-refractivity contribution in [3.63, 3.8) is 0 Å². The van der Waals surface area contributed by atoms with Gasteiger partial charge in [-0.2, -0.15) is 0 Å². The molecule has 122 valence electrons. The number of anilines is 1. The first-order valence-electron chi connectivity index (χ1n) is 7.29. The number of nitrogens with zero attached hydrogens (tertiary/aromatic N) is 2. The Morgan fingerprint density at radius 1 is 1.45 bits per heavy atom. The van der Waals surface area contributed by atoms with Crippen LogP contribution in [0.15, 0.2) is 23.1 Å². The molecule has 1 N–H and O–H groups in total. The molecule has 22 heavy (non-hydrogen) atoms. The SMILES string of the molecule is CC(=O)N1CCc2ccc(S(=O)(=O)N(C)CC[C@H](C)O)cc21. The highest BCUT2D eigenvalue weighted by atomic mass is 32.2. The summed E-state index contributed by atoms with van der Waals surface area (Å²) in [6.45, 7) is 3.94. The van der Waals surface area contributed by atoms with Crippen LogP contribution in [0.3, 0.4) is 0 Å². The number of sulfonamides is 1. The zero-order chi connectivity index (χ0) is 16.5. The summed E-state index contributed by atoms with van der Waals surface area (Å²) in [5, 5.41) is 9.29. The van der Waals surface area contributed by atoms with E-state index in [1.165, 1.54) is 18.3 Å². The lowest BCUT2D eigenvalue weighted by Crippen LogP contribution is -2.30. The summed E-state index contributed by atoms with van der Waals surface area (Å²) in [7, 11) is -2.13. The van der Waals surface area contributed by atoms with Gasteiger partial charge in [0.2, 0.25) is 15.9 Å². The molecule has 0 aromatic heterocycles. The van der Waals surface area contributed by atoms with Crippen LogP contribution in [0.5, 0.6) is 0 Å². The molecule has 1 aliphatic rings. The van der Waals surface area contributed by atoms with E-state index in [-0.39, 0.29) is 17.3 Å². The summed E-state index contributed by atoms with van der Waals surface area (Å²) in [4.78, 5) is 13.4. The molecule has 1 aromatic carbocycles. The average Bonchev–Trinajstić information content (AvgIpc) is 2.87. The highest BCUT2D eigenvalue weighted by Gasteiger charge is 2.27. The number of amides is 1. The lowest BCUT2D eigenvalue weighted by Gasteiger charge is -2.20. The fourth-order valence-corrected chi connectivity index (χ4v) is 3.72. The number of fused-ring (bicyclic) bond motifs is 1. The largest absolute Gasteiger partial charge is 0.393 e. The maximum absolute atomic E-state index is 12.6. The topological polar surface area (TPSA) is 77.9 Å². The van der Waals surface area contributed by atoms with Crippen LogP contribution in [0.1, 0.15) is 25.8 Å². The summed E-state index contributed by atoms with van der Waals surface area (Å²) in [5.41, 5.74) is 1.67. The van der Waals surface area contributed by atoms with E-state index in [0.717, 1.165) is 12.0 Å². The first-order valence-corrected chi connectivity index (χ1v) is 8.73. The number of aliphatic hydroxyl groups is 1. The number of benzene rings is 1. The third-order valence-electron chi connectivity index (χ3n) is 3.90. The van der Waals surface area contributed by atoms with Gasteiger partial charge >= 0.3 is 0 Å². The summed E-state index contributed by atoms with van der Waals surface area (Å²) < 4.78 is 26.4. The van der Waals surface area contributed by atoms with Gasteiger partial charge in [-0.05, 0) is 37.5 Å². The van der Waals surface area contributed by atoms with E-state index in [2.05, 4.69) is 0 Å². The minimum absolute atomic E-state index is 0.0873. The average molecular weight is 326 g/mol. The highest BCUT2D eigenvalue weighted by molar-refractivity contribution is 7.89. The van der Waals surface area contributed by atoms with Crippen LogP contribution in [-0.4, -0.2) is 50.0 Å². The summed E-state index contributed by atoms with van der Waals surface area (Å²) in [6.07, 6.45) is 0.568. The molecule has 0 fully saturated rings. The summed E-state index contributed by atoms with van der Waals surface area (Å²) >= 11 is 0. The molecule has 0 spiro atoms. The predicted molar refractivity (Wildman–Crippen MR) is 84.3 cm³/mol. The number of carbonyl (C=O) groups is 1. The molecule has 1 aromatic rings. The van der Waals surface area contributed by atoms with Crippen molar-refractivity contribution in [1.82, 2.24) is 4.31 Å². The normalized spacial score (nSPS) is 16.0. The van der Waals surface area contributed by atoms with Crippen molar-refractivity contribution in [3.8, 4) is 0 Å². The lowest BCUT2D eigenvalue weighted by atomic mass is 10.2. The Bertz CT molecular complexity index is 670. The number of carbonyl (C=O) groups excluding carboxylic acids is 1. The van der Waals surface area contributed by atoms with Crippen LogP contribution < -0.4 is 4.90 Å². The quantitative estimate of drug-likeness (QED) is 0.875.